The number of anilines is 2. The average Bonchev–Trinajstić information content (AvgIpc) is 2.87. The van der Waals surface area contributed by atoms with E-state index in [1.54, 1.807) is 12.4 Å². The van der Waals surface area contributed by atoms with Gasteiger partial charge in [-0.25, -0.2) is 0 Å². The Bertz CT molecular complexity index is 316. The summed E-state index contributed by atoms with van der Waals surface area (Å²) in [5.74, 6) is 0.823. The first-order valence-corrected chi connectivity index (χ1v) is 5.16. The van der Waals surface area contributed by atoms with Gasteiger partial charge in [0.05, 0.1) is 22.6 Å². The summed E-state index contributed by atoms with van der Waals surface area (Å²) < 4.78 is 0. The maximum absolute atomic E-state index is 6.04. The van der Waals surface area contributed by atoms with Crippen molar-refractivity contribution in [2.24, 2.45) is 5.92 Å². The molecule has 2 N–H and O–H groups in total. The summed E-state index contributed by atoms with van der Waals surface area (Å²) >= 11 is 6.04. The Balaban J connectivity index is 2.19. The van der Waals surface area contributed by atoms with Gasteiger partial charge < -0.3 is 10.6 Å². The van der Waals surface area contributed by atoms with Crippen LogP contribution in [0.3, 0.4) is 0 Å². The van der Waals surface area contributed by atoms with E-state index < -0.39 is 0 Å². The Morgan fingerprint density at radius 2 is 2.29 bits per heavy atom. The first-order chi connectivity index (χ1) is 6.68. The second-order valence-corrected chi connectivity index (χ2v) is 4.29. The fourth-order valence-corrected chi connectivity index (χ4v) is 1.93. The van der Waals surface area contributed by atoms with Crippen molar-refractivity contribution in [1.82, 2.24) is 4.98 Å². The lowest BCUT2D eigenvalue weighted by atomic mass is 10.3. The average molecular weight is 212 g/mol. The summed E-state index contributed by atoms with van der Waals surface area (Å²) in [5.41, 5.74) is 7.39. The van der Waals surface area contributed by atoms with E-state index in [1.807, 2.05) is 7.05 Å². The monoisotopic (exact) mass is 211 g/mol. The summed E-state index contributed by atoms with van der Waals surface area (Å²) in [4.78, 5) is 6.06. The van der Waals surface area contributed by atoms with Crippen LogP contribution < -0.4 is 10.6 Å². The van der Waals surface area contributed by atoms with Gasteiger partial charge in [0, 0.05) is 19.8 Å². The molecule has 2 rings (SSSR count). The molecule has 1 heterocycles. The van der Waals surface area contributed by atoms with Crippen molar-refractivity contribution in [3.8, 4) is 0 Å². The normalized spacial score (nSPS) is 15.6. The van der Waals surface area contributed by atoms with Crippen molar-refractivity contribution >= 4 is 23.0 Å². The van der Waals surface area contributed by atoms with Gasteiger partial charge in [-0.15, -0.1) is 0 Å². The van der Waals surface area contributed by atoms with Gasteiger partial charge in [0.25, 0.3) is 0 Å². The molecule has 0 aliphatic heterocycles. The van der Waals surface area contributed by atoms with E-state index in [0.717, 1.165) is 18.2 Å². The highest BCUT2D eigenvalue weighted by Crippen LogP contribution is 2.35. The third kappa shape index (κ3) is 1.93. The van der Waals surface area contributed by atoms with Gasteiger partial charge in [-0.1, -0.05) is 11.6 Å². The highest BCUT2D eigenvalue weighted by molar-refractivity contribution is 6.33. The lowest BCUT2D eigenvalue weighted by Gasteiger charge is -2.21. The molecule has 0 atom stereocenters. The molecule has 0 amide bonds. The molecule has 0 radical (unpaired) electrons. The maximum atomic E-state index is 6.04. The number of aromatic nitrogens is 1. The second kappa shape index (κ2) is 3.65. The Morgan fingerprint density at radius 3 is 2.86 bits per heavy atom. The quantitative estimate of drug-likeness (QED) is 0.833. The van der Waals surface area contributed by atoms with Gasteiger partial charge in [0.1, 0.15) is 0 Å². The van der Waals surface area contributed by atoms with Crippen LogP contribution in [0.25, 0.3) is 0 Å². The molecule has 76 valence electrons. The molecule has 1 fully saturated rings. The molecule has 1 aromatic rings. The summed E-state index contributed by atoms with van der Waals surface area (Å²) in [5, 5.41) is 0.633. The minimum Gasteiger partial charge on any atom is -0.396 e. The fraction of sp³-hybridized carbons (Fsp3) is 0.500. The molecular weight excluding hydrogens is 198 g/mol. The number of hydrogen-bond donors (Lipinski definition) is 1. The molecule has 0 bridgehead atoms. The van der Waals surface area contributed by atoms with Crippen LogP contribution in [0.2, 0.25) is 5.02 Å². The minimum absolute atomic E-state index is 0.633. The molecule has 1 saturated carbocycles. The number of nitrogens with zero attached hydrogens (tertiary/aromatic N) is 2. The number of rotatable bonds is 3. The molecule has 1 aliphatic rings. The topological polar surface area (TPSA) is 42.1 Å². The highest BCUT2D eigenvalue weighted by atomic mass is 35.5. The van der Waals surface area contributed by atoms with Gasteiger partial charge in [-0.3, -0.25) is 4.98 Å². The van der Waals surface area contributed by atoms with Crippen LogP contribution in [0.1, 0.15) is 12.8 Å². The summed E-state index contributed by atoms with van der Waals surface area (Å²) in [6.07, 6.45) is 5.93. The highest BCUT2D eigenvalue weighted by Gasteiger charge is 2.24. The maximum Gasteiger partial charge on any atom is 0.0843 e. The molecule has 0 spiro atoms. The van der Waals surface area contributed by atoms with E-state index in [4.69, 9.17) is 17.3 Å². The van der Waals surface area contributed by atoms with Gasteiger partial charge >= 0.3 is 0 Å². The second-order valence-electron chi connectivity index (χ2n) is 3.88. The zero-order valence-electron chi connectivity index (χ0n) is 8.20. The van der Waals surface area contributed by atoms with Crippen molar-refractivity contribution in [1.29, 1.82) is 0 Å². The zero-order chi connectivity index (χ0) is 10.1. The smallest absolute Gasteiger partial charge is 0.0843 e. The van der Waals surface area contributed by atoms with Crippen molar-refractivity contribution in [2.75, 3.05) is 24.2 Å². The van der Waals surface area contributed by atoms with Crippen LogP contribution in [-0.4, -0.2) is 18.6 Å². The zero-order valence-corrected chi connectivity index (χ0v) is 8.96. The largest absolute Gasteiger partial charge is 0.396 e. The number of nitrogen functional groups attached to an aromatic ring is 1. The number of halogens is 1. The SMILES string of the molecule is CN(CC1CC1)c1c(N)cncc1Cl. The summed E-state index contributed by atoms with van der Waals surface area (Å²) in [6.45, 7) is 1.04. The van der Waals surface area contributed by atoms with Crippen LogP contribution >= 0.6 is 11.6 Å². The van der Waals surface area contributed by atoms with Crippen LogP contribution in [0.4, 0.5) is 11.4 Å². The number of hydrogen-bond acceptors (Lipinski definition) is 3. The van der Waals surface area contributed by atoms with E-state index >= 15 is 0 Å². The van der Waals surface area contributed by atoms with Crippen molar-refractivity contribution in [3.05, 3.63) is 17.4 Å². The molecule has 3 nitrogen and oxygen atoms in total. The van der Waals surface area contributed by atoms with E-state index in [9.17, 15) is 0 Å². The Morgan fingerprint density at radius 1 is 1.57 bits per heavy atom. The van der Waals surface area contributed by atoms with Gasteiger partial charge in [-0.2, -0.15) is 0 Å². The third-order valence-electron chi connectivity index (χ3n) is 2.51. The lowest BCUT2D eigenvalue weighted by molar-refractivity contribution is 0.788. The fourth-order valence-electron chi connectivity index (χ4n) is 1.62. The molecule has 0 unspecified atom stereocenters. The molecule has 1 aromatic heterocycles. The molecular formula is C10H14ClN3. The molecule has 0 saturated heterocycles. The van der Waals surface area contributed by atoms with Crippen molar-refractivity contribution in [2.45, 2.75) is 12.8 Å². The van der Waals surface area contributed by atoms with Crippen LogP contribution in [-0.2, 0) is 0 Å². The van der Waals surface area contributed by atoms with E-state index in [2.05, 4.69) is 9.88 Å². The predicted molar refractivity (Wildman–Crippen MR) is 59.7 cm³/mol. The van der Waals surface area contributed by atoms with Gasteiger partial charge in [-0.05, 0) is 18.8 Å². The third-order valence-corrected chi connectivity index (χ3v) is 2.79. The number of nitrogens with two attached hydrogens (primary N) is 1. The first-order valence-electron chi connectivity index (χ1n) is 4.78. The van der Waals surface area contributed by atoms with Gasteiger partial charge in [0.15, 0.2) is 0 Å². The Labute approximate surface area is 88.9 Å². The van der Waals surface area contributed by atoms with Crippen LogP contribution in [0.5, 0.6) is 0 Å². The first kappa shape index (κ1) is 9.59. The molecule has 0 aromatic carbocycles. The van der Waals surface area contributed by atoms with Crippen molar-refractivity contribution in [3.63, 3.8) is 0 Å². The van der Waals surface area contributed by atoms with E-state index in [0.29, 0.717) is 10.7 Å². The number of pyridine rings is 1. The molecule has 14 heavy (non-hydrogen) atoms. The Kier molecular flexibility index (Phi) is 2.50. The predicted octanol–water partition coefficient (Wildman–Crippen LogP) is 2.16. The summed E-state index contributed by atoms with van der Waals surface area (Å²) in [6, 6.07) is 0. The standard InChI is InChI=1S/C10H14ClN3/c1-14(6-7-2-3-7)10-8(11)4-13-5-9(10)12/h4-5,7H,2-3,6,12H2,1H3. The van der Waals surface area contributed by atoms with Gasteiger partial charge in [0.2, 0.25) is 0 Å². The van der Waals surface area contributed by atoms with Crippen molar-refractivity contribution < 1.29 is 0 Å². The van der Waals surface area contributed by atoms with Crippen LogP contribution in [0, 0.1) is 5.92 Å². The van der Waals surface area contributed by atoms with E-state index in [-0.39, 0.29) is 0 Å². The minimum atomic E-state index is 0.633. The lowest BCUT2D eigenvalue weighted by Crippen LogP contribution is -2.21. The van der Waals surface area contributed by atoms with E-state index in [1.165, 1.54) is 12.8 Å². The van der Waals surface area contributed by atoms with Crippen LogP contribution in [0.15, 0.2) is 12.4 Å². The summed E-state index contributed by atoms with van der Waals surface area (Å²) in [7, 11) is 2.02. The molecule has 4 heteroatoms. The molecule has 1 aliphatic carbocycles. The Hall–Kier alpha value is -0.960.